The van der Waals surface area contributed by atoms with Crippen molar-refractivity contribution in [1.29, 1.82) is 0 Å². The molecule has 0 bridgehead atoms. The molecule has 1 amide bonds. The van der Waals surface area contributed by atoms with Crippen molar-refractivity contribution in [1.82, 2.24) is 19.8 Å². The van der Waals surface area contributed by atoms with Gasteiger partial charge in [0.25, 0.3) is 5.91 Å². The standard InChI is InChI=1S/C28H40N6O2/c1-20-18-34(16-17-36-20)28-30-25-24(19-33(27(25)35)15-7-14-32(2)3)26(31-28)29-23-12-10-22(11-13-23)21-8-5-4-6-9-21/h10-13,20-21H,4-9,14-19H2,1-3H3,(H,29,30,31)/t20-/m1/s1. The SMILES string of the molecule is C[C@@H]1CN(c2nc(Nc3ccc(C4CCCCC4)cc3)c3c(n2)C(=O)N(CCCN(C)C)C3)CCO1. The molecule has 1 aliphatic carbocycles. The Balaban J connectivity index is 1.39. The van der Waals surface area contributed by atoms with E-state index < -0.39 is 0 Å². The number of nitrogens with one attached hydrogen (secondary N) is 1. The maximum atomic E-state index is 13.3. The van der Waals surface area contributed by atoms with Crippen molar-refractivity contribution in [2.75, 3.05) is 57.1 Å². The third-order valence-corrected chi connectivity index (χ3v) is 7.64. The van der Waals surface area contributed by atoms with Gasteiger partial charge in [0.15, 0.2) is 0 Å². The lowest BCUT2D eigenvalue weighted by Gasteiger charge is -2.31. The van der Waals surface area contributed by atoms with Gasteiger partial charge in [0.1, 0.15) is 11.5 Å². The quantitative estimate of drug-likeness (QED) is 0.585. The Morgan fingerprint density at radius 1 is 1.11 bits per heavy atom. The van der Waals surface area contributed by atoms with Crippen LogP contribution in [0.25, 0.3) is 0 Å². The summed E-state index contributed by atoms with van der Waals surface area (Å²) in [5.74, 6) is 2.03. The molecule has 5 rings (SSSR count). The minimum absolute atomic E-state index is 0.00408. The normalized spacial score (nSPS) is 20.8. The van der Waals surface area contributed by atoms with E-state index in [4.69, 9.17) is 14.7 Å². The van der Waals surface area contributed by atoms with Gasteiger partial charge in [-0.2, -0.15) is 4.98 Å². The Hall–Kier alpha value is -2.71. The predicted octanol–water partition coefficient (Wildman–Crippen LogP) is 4.40. The van der Waals surface area contributed by atoms with Crippen LogP contribution in [0.3, 0.4) is 0 Å². The van der Waals surface area contributed by atoms with Crippen LogP contribution in [0.4, 0.5) is 17.5 Å². The molecular formula is C28H40N6O2. The average molecular weight is 493 g/mol. The molecule has 0 radical (unpaired) electrons. The van der Waals surface area contributed by atoms with Crippen LogP contribution in [-0.2, 0) is 11.3 Å². The number of amides is 1. The molecule has 2 aliphatic heterocycles. The van der Waals surface area contributed by atoms with Crippen LogP contribution in [0.2, 0.25) is 0 Å². The number of rotatable bonds is 8. The van der Waals surface area contributed by atoms with Crippen LogP contribution in [0.1, 0.15) is 73.0 Å². The van der Waals surface area contributed by atoms with Gasteiger partial charge in [0.2, 0.25) is 5.95 Å². The van der Waals surface area contributed by atoms with Crippen LogP contribution in [0, 0.1) is 0 Å². The molecule has 1 N–H and O–H groups in total. The molecule has 2 fully saturated rings. The number of fused-ring (bicyclic) bond motifs is 1. The summed E-state index contributed by atoms with van der Waals surface area (Å²) < 4.78 is 5.72. The highest BCUT2D eigenvalue weighted by molar-refractivity contribution is 5.98. The van der Waals surface area contributed by atoms with E-state index >= 15 is 0 Å². The topological polar surface area (TPSA) is 73.8 Å². The Morgan fingerprint density at radius 2 is 1.89 bits per heavy atom. The molecule has 194 valence electrons. The minimum atomic E-state index is 0.00408. The Kier molecular flexibility index (Phi) is 7.72. The van der Waals surface area contributed by atoms with Gasteiger partial charge < -0.3 is 24.8 Å². The first-order valence-electron chi connectivity index (χ1n) is 13.6. The zero-order chi connectivity index (χ0) is 25.1. The second-order valence-electron chi connectivity index (χ2n) is 10.8. The number of carbonyl (C=O) groups is 1. The number of hydrogen-bond acceptors (Lipinski definition) is 7. The number of benzene rings is 1. The van der Waals surface area contributed by atoms with Crippen LogP contribution < -0.4 is 10.2 Å². The molecule has 1 saturated carbocycles. The fourth-order valence-electron chi connectivity index (χ4n) is 5.63. The fourth-order valence-corrected chi connectivity index (χ4v) is 5.63. The Labute approximate surface area is 215 Å². The highest BCUT2D eigenvalue weighted by atomic mass is 16.5. The maximum Gasteiger partial charge on any atom is 0.273 e. The monoisotopic (exact) mass is 492 g/mol. The number of carbonyl (C=O) groups excluding carboxylic acids is 1. The maximum absolute atomic E-state index is 13.3. The molecule has 1 aromatic carbocycles. The number of ether oxygens (including phenoxy) is 1. The van der Waals surface area contributed by atoms with E-state index in [0.29, 0.717) is 37.3 Å². The number of anilines is 3. The molecule has 1 aromatic heterocycles. The lowest BCUT2D eigenvalue weighted by atomic mass is 9.84. The first-order valence-corrected chi connectivity index (χ1v) is 13.6. The molecule has 0 spiro atoms. The summed E-state index contributed by atoms with van der Waals surface area (Å²) in [6.45, 7) is 6.34. The molecule has 3 aliphatic rings. The lowest BCUT2D eigenvalue weighted by Crippen LogP contribution is -2.42. The summed E-state index contributed by atoms with van der Waals surface area (Å²) in [5, 5.41) is 3.54. The third-order valence-electron chi connectivity index (χ3n) is 7.64. The average Bonchev–Trinajstić information content (AvgIpc) is 3.20. The van der Waals surface area contributed by atoms with E-state index in [0.717, 1.165) is 43.1 Å². The van der Waals surface area contributed by atoms with Crippen molar-refractivity contribution in [2.24, 2.45) is 0 Å². The summed E-state index contributed by atoms with van der Waals surface area (Å²) in [7, 11) is 4.12. The van der Waals surface area contributed by atoms with Crippen LogP contribution in [-0.4, -0.2) is 78.7 Å². The Morgan fingerprint density at radius 3 is 2.61 bits per heavy atom. The van der Waals surface area contributed by atoms with Gasteiger partial charge in [-0.25, -0.2) is 4.98 Å². The second kappa shape index (κ2) is 11.1. The number of hydrogen-bond donors (Lipinski definition) is 1. The first-order chi connectivity index (χ1) is 17.5. The summed E-state index contributed by atoms with van der Waals surface area (Å²) in [6, 6.07) is 8.81. The first kappa shape index (κ1) is 25.0. The van der Waals surface area contributed by atoms with E-state index in [1.165, 1.54) is 37.7 Å². The van der Waals surface area contributed by atoms with Gasteiger partial charge in [-0.15, -0.1) is 0 Å². The van der Waals surface area contributed by atoms with Crippen LogP contribution in [0.5, 0.6) is 0 Å². The van der Waals surface area contributed by atoms with Crippen molar-refractivity contribution < 1.29 is 9.53 Å². The smallest absolute Gasteiger partial charge is 0.273 e. The van der Waals surface area contributed by atoms with Gasteiger partial charge in [0.05, 0.1) is 19.3 Å². The van der Waals surface area contributed by atoms with Gasteiger partial charge in [-0.05, 0) is 70.4 Å². The summed E-state index contributed by atoms with van der Waals surface area (Å²) in [6.07, 6.45) is 7.65. The molecule has 8 heteroatoms. The largest absolute Gasteiger partial charge is 0.375 e. The van der Waals surface area contributed by atoms with Crippen molar-refractivity contribution in [3.05, 3.63) is 41.1 Å². The zero-order valence-corrected chi connectivity index (χ0v) is 22.0. The molecule has 1 saturated heterocycles. The summed E-state index contributed by atoms with van der Waals surface area (Å²) >= 11 is 0. The number of nitrogens with zero attached hydrogens (tertiary/aromatic N) is 5. The van der Waals surface area contributed by atoms with Gasteiger partial charge >= 0.3 is 0 Å². The Bertz CT molecular complexity index is 1050. The van der Waals surface area contributed by atoms with E-state index in [1.807, 2.05) is 4.90 Å². The van der Waals surface area contributed by atoms with Gasteiger partial charge in [-0.1, -0.05) is 31.4 Å². The van der Waals surface area contributed by atoms with Crippen molar-refractivity contribution >= 4 is 23.4 Å². The second-order valence-corrected chi connectivity index (χ2v) is 10.8. The lowest BCUT2D eigenvalue weighted by molar-refractivity contribution is 0.0526. The van der Waals surface area contributed by atoms with E-state index in [-0.39, 0.29) is 12.0 Å². The number of morpholine rings is 1. The summed E-state index contributed by atoms with van der Waals surface area (Å²) in [4.78, 5) is 29.3. The molecule has 3 heterocycles. The fraction of sp³-hybridized carbons (Fsp3) is 0.607. The molecular weight excluding hydrogens is 452 g/mol. The zero-order valence-electron chi connectivity index (χ0n) is 22.0. The third kappa shape index (κ3) is 5.65. The van der Waals surface area contributed by atoms with Crippen molar-refractivity contribution in [2.45, 2.75) is 64.0 Å². The molecule has 0 unspecified atom stereocenters. The highest BCUT2D eigenvalue weighted by Crippen LogP contribution is 2.35. The van der Waals surface area contributed by atoms with Gasteiger partial charge in [0, 0.05) is 30.9 Å². The molecule has 36 heavy (non-hydrogen) atoms. The molecule has 2 aromatic rings. The summed E-state index contributed by atoms with van der Waals surface area (Å²) in [5.41, 5.74) is 3.85. The predicted molar refractivity (Wildman–Crippen MR) is 143 cm³/mol. The minimum Gasteiger partial charge on any atom is -0.375 e. The van der Waals surface area contributed by atoms with Crippen molar-refractivity contribution in [3.8, 4) is 0 Å². The highest BCUT2D eigenvalue weighted by Gasteiger charge is 2.34. The molecule has 1 atom stereocenters. The van der Waals surface area contributed by atoms with E-state index in [1.54, 1.807) is 0 Å². The van der Waals surface area contributed by atoms with E-state index in [2.05, 4.69) is 60.4 Å². The molecule has 8 nitrogen and oxygen atoms in total. The van der Waals surface area contributed by atoms with Crippen LogP contribution >= 0.6 is 0 Å². The van der Waals surface area contributed by atoms with E-state index in [9.17, 15) is 4.79 Å². The van der Waals surface area contributed by atoms with Crippen LogP contribution in [0.15, 0.2) is 24.3 Å². The van der Waals surface area contributed by atoms with Crippen molar-refractivity contribution in [3.63, 3.8) is 0 Å². The van der Waals surface area contributed by atoms with Gasteiger partial charge in [-0.3, -0.25) is 4.79 Å². The number of aromatic nitrogens is 2.